The maximum absolute atomic E-state index is 12.9. The fourth-order valence-electron chi connectivity index (χ4n) is 4.07. The lowest BCUT2D eigenvalue weighted by atomic mass is 10.1. The molecular weight excluding hydrogens is 440 g/mol. The van der Waals surface area contributed by atoms with Crippen molar-refractivity contribution in [3.8, 4) is 28.7 Å². The van der Waals surface area contributed by atoms with Gasteiger partial charge in [-0.2, -0.15) is 0 Å². The highest BCUT2D eigenvalue weighted by molar-refractivity contribution is 5.95. The number of methoxy groups -OCH3 is 5. The number of piperazine rings is 1. The number of carbonyl (C=O) groups is 2. The maximum atomic E-state index is 12.9. The molecule has 0 radical (unpaired) electrons. The van der Waals surface area contributed by atoms with Crippen LogP contribution < -0.4 is 23.7 Å². The first-order chi connectivity index (χ1) is 16.5. The molecular formula is C25H32N2O7. The summed E-state index contributed by atoms with van der Waals surface area (Å²) in [7, 11) is 7.77. The number of nitrogens with zero attached hydrogens (tertiary/aromatic N) is 2. The van der Waals surface area contributed by atoms with Crippen LogP contribution in [0.15, 0.2) is 30.3 Å². The molecule has 1 fully saturated rings. The number of rotatable bonds is 9. The van der Waals surface area contributed by atoms with Crippen LogP contribution in [0.5, 0.6) is 28.7 Å². The van der Waals surface area contributed by atoms with Crippen molar-refractivity contribution >= 4 is 11.8 Å². The summed E-state index contributed by atoms with van der Waals surface area (Å²) in [6.07, 6.45) is 0.836. The minimum Gasteiger partial charge on any atom is -0.493 e. The lowest BCUT2D eigenvalue weighted by Crippen LogP contribution is -2.50. The van der Waals surface area contributed by atoms with Crippen LogP contribution in [0, 0.1) is 0 Å². The van der Waals surface area contributed by atoms with Gasteiger partial charge in [0.25, 0.3) is 5.91 Å². The number of benzene rings is 2. The monoisotopic (exact) mass is 472 g/mol. The van der Waals surface area contributed by atoms with Crippen molar-refractivity contribution in [2.45, 2.75) is 12.8 Å². The fourth-order valence-corrected chi connectivity index (χ4v) is 4.07. The molecule has 2 amide bonds. The minimum absolute atomic E-state index is 0.0371. The third-order valence-corrected chi connectivity index (χ3v) is 5.94. The highest BCUT2D eigenvalue weighted by Crippen LogP contribution is 2.40. The van der Waals surface area contributed by atoms with Gasteiger partial charge in [0.15, 0.2) is 23.0 Å². The van der Waals surface area contributed by atoms with Crippen molar-refractivity contribution in [3.63, 3.8) is 0 Å². The van der Waals surface area contributed by atoms with Gasteiger partial charge in [0.2, 0.25) is 11.7 Å². The third kappa shape index (κ3) is 5.30. The summed E-state index contributed by atoms with van der Waals surface area (Å²) in [6.45, 7) is 1.92. The zero-order valence-corrected chi connectivity index (χ0v) is 20.4. The average Bonchev–Trinajstić information content (AvgIpc) is 2.90. The van der Waals surface area contributed by atoms with E-state index in [1.54, 1.807) is 62.5 Å². The average molecular weight is 473 g/mol. The summed E-state index contributed by atoms with van der Waals surface area (Å²) in [5, 5.41) is 0. The summed E-state index contributed by atoms with van der Waals surface area (Å²) in [4.78, 5) is 29.3. The lowest BCUT2D eigenvalue weighted by Gasteiger charge is -2.35. The predicted octanol–water partition coefficient (Wildman–Crippen LogP) is 2.65. The molecule has 184 valence electrons. The van der Waals surface area contributed by atoms with Gasteiger partial charge in [-0.15, -0.1) is 0 Å². The molecule has 0 aromatic heterocycles. The Morgan fingerprint density at radius 2 is 1.29 bits per heavy atom. The summed E-state index contributed by atoms with van der Waals surface area (Å²) in [6, 6.07) is 8.80. The van der Waals surface area contributed by atoms with Crippen molar-refractivity contribution in [1.82, 2.24) is 9.80 Å². The van der Waals surface area contributed by atoms with Crippen LogP contribution in [0.4, 0.5) is 0 Å². The number of aryl methyl sites for hydroxylation is 1. The van der Waals surface area contributed by atoms with Crippen molar-refractivity contribution in [2.75, 3.05) is 61.7 Å². The molecule has 3 rings (SSSR count). The van der Waals surface area contributed by atoms with Crippen LogP contribution in [0.2, 0.25) is 0 Å². The van der Waals surface area contributed by atoms with E-state index in [1.165, 1.54) is 7.11 Å². The molecule has 0 aliphatic carbocycles. The lowest BCUT2D eigenvalue weighted by molar-refractivity contribution is -0.132. The second-order valence-electron chi connectivity index (χ2n) is 7.74. The van der Waals surface area contributed by atoms with E-state index in [0.29, 0.717) is 73.3 Å². The number of hydrogen-bond donors (Lipinski definition) is 0. The smallest absolute Gasteiger partial charge is 0.254 e. The fraction of sp³-hybridized carbons (Fsp3) is 0.440. The van der Waals surface area contributed by atoms with Crippen molar-refractivity contribution in [2.24, 2.45) is 0 Å². The number of hydrogen-bond acceptors (Lipinski definition) is 7. The molecule has 2 aromatic carbocycles. The van der Waals surface area contributed by atoms with Crippen LogP contribution in [-0.2, 0) is 11.2 Å². The zero-order valence-electron chi connectivity index (χ0n) is 20.4. The van der Waals surface area contributed by atoms with Crippen molar-refractivity contribution in [3.05, 3.63) is 41.5 Å². The highest BCUT2D eigenvalue weighted by atomic mass is 16.5. The van der Waals surface area contributed by atoms with Gasteiger partial charge in [-0.1, -0.05) is 6.07 Å². The Kier molecular flexibility index (Phi) is 8.45. The normalized spacial score (nSPS) is 13.3. The SMILES string of the molecule is COc1ccc(C(=O)N2CCN(C(=O)CCc3ccc(OC)c(OC)c3OC)CC2)cc1OC. The molecule has 2 aromatic rings. The van der Waals surface area contributed by atoms with Crippen molar-refractivity contribution in [1.29, 1.82) is 0 Å². The second kappa shape index (κ2) is 11.5. The second-order valence-corrected chi connectivity index (χ2v) is 7.74. The number of amides is 2. The van der Waals surface area contributed by atoms with Crippen LogP contribution in [0.1, 0.15) is 22.3 Å². The molecule has 1 aliphatic rings. The van der Waals surface area contributed by atoms with Gasteiger partial charge in [-0.05, 0) is 36.2 Å². The van der Waals surface area contributed by atoms with Crippen LogP contribution >= 0.6 is 0 Å². The molecule has 0 saturated carbocycles. The van der Waals surface area contributed by atoms with E-state index < -0.39 is 0 Å². The molecule has 0 atom stereocenters. The Hall–Kier alpha value is -3.62. The minimum atomic E-state index is -0.0943. The Bertz CT molecular complexity index is 1020. The van der Waals surface area contributed by atoms with Gasteiger partial charge in [-0.3, -0.25) is 9.59 Å². The first-order valence-electron chi connectivity index (χ1n) is 11.0. The van der Waals surface area contributed by atoms with E-state index in [2.05, 4.69) is 0 Å². The molecule has 34 heavy (non-hydrogen) atoms. The Morgan fingerprint density at radius 1 is 0.706 bits per heavy atom. The summed E-state index contributed by atoms with van der Waals surface area (Å²) in [5.41, 5.74) is 1.40. The molecule has 9 nitrogen and oxygen atoms in total. The van der Waals surface area contributed by atoms with E-state index >= 15 is 0 Å². The van der Waals surface area contributed by atoms with Crippen LogP contribution in [-0.4, -0.2) is 83.3 Å². The van der Waals surface area contributed by atoms with E-state index in [0.717, 1.165) is 5.56 Å². The van der Waals surface area contributed by atoms with Gasteiger partial charge < -0.3 is 33.5 Å². The zero-order chi connectivity index (χ0) is 24.7. The first-order valence-corrected chi connectivity index (χ1v) is 11.0. The van der Waals surface area contributed by atoms with E-state index in [1.807, 2.05) is 6.07 Å². The molecule has 0 bridgehead atoms. The first kappa shape index (κ1) is 25.0. The van der Waals surface area contributed by atoms with Gasteiger partial charge in [0, 0.05) is 38.2 Å². The summed E-state index contributed by atoms with van der Waals surface area (Å²) >= 11 is 0. The number of carbonyl (C=O) groups excluding carboxylic acids is 2. The summed E-state index contributed by atoms with van der Waals surface area (Å²) < 4.78 is 26.8. The van der Waals surface area contributed by atoms with Gasteiger partial charge in [0.1, 0.15) is 0 Å². The third-order valence-electron chi connectivity index (χ3n) is 5.94. The molecule has 0 unspecified atom stereocenters. The van der Waals surface area contributed by atoms with Crippen molar-refractivity contribution < 1.29 is 33.3 Å². The number of ether oxygens (including phenoxy) is 5. The standard InChI is InChI=1S/C25H32N2O7/c1-30-19-9-7-18(16-21(19)32-3)25(29)27-14-12-26(13-15-27)22(28)11-8-17-6-10-20(31-2)24(34-5)23(17)33-4/h6-7,9-10,16H,8,11-15H2,1-5H3. The Morgan fingerprint density at radius 3 is 1.88 bits per heavy atom. The maximum Gasteiger partial charge on any atom is 0.254 e. The highest BCUT2D eigenvalue weighted by Gasteiger charge is 2.26. The summed E-state index contributed by atoms with van der Waals surface area (Å²) in [5.74, 6) is 2.67. The Labute approximate surface area is 200 Å². The van der Waals surface area contributed by atoms with Gasteiger partial charge in [0.05, 0.1) is 35.5 Å². The quantitative estimate of drug-likeness (QED) is 0.555. The van der Waals surface area contributed by atoms with E-state index in [-0.39, 0.29) is 11.8 Å². The molecule has 1 heterocycles. The predicted molar refractivity (Wildman–Crippen MR) is 126 cm³/mol. The topological polar surface area (TPSA) is 86.8 Å². The molecule has 1 saturated heterocycles. The molecule has 1 aliphatic heterocycles. The van der Waals surface area contributed by atoms with Crippen LogP contribution in [0.3, 0.4) is 0 Å². The van der Waals surface area contributed by atoms with Gasteiger partial charge >= 0.3 is 0 Å². The van der Waals surface area contributed by atoms with E-state index in [4.69, 9.17) is 23.7 Å². The molecule has 9 heteroatoms. The van der Waals surface area contributed by atoms with Crippen LogP contribution in [0.25, 0.3) is 0 Å². The Balaban J connectivity index is 1.58. The van der Waals surface area contributed by atoms with E-state index in [9.17, 15) is 9.59 Å². The molecule has 0 N–H and O–H groups in total. The van der Waals surface area contributed by atoms with Gasteiger partial charge in [-0.25, -0.2) is 0 Å². The molecule has 0 spiro atoms. The largest absolute Gasteiger partial charge is 0.493 e.